The van der Waals surface area contributed by atoms with Gasteiger partial charge in [-0.15, -0.1) is 0 Å². The summed E-state index contributed by atoms with van der Waals surface area (Å²) < 4.78 is 18.2. The van der Waals surface area contributed by atoms with E-state index in [1.54, 1.807) is 36.4 Å². The number of fused-ring (bicyclic) bond motifs is 1. The third-order valence-corrected chi connectivity index (χ3v) is 6.39. The predicted molar refractivity (Wildman–Crippen MR) is 140 cm³/mol. The lowest BCUT2D eigenvalue weighted by Gasteiger charge is -2.17. The number of halogens is 1. The standard InChI is InChI=1S/C28H25FN6O2/c1-3-33(2)15-20-7-4-5-10-22(20)18-11-12-24(23(29)14-18)35-17-32-27-25(28(35)37)34(16-31-27)21-9-6-8-19(13-21)26(30)36/h4-14,16-17H,3,15H2,1-2H3,(H2,30,36). The van der Waals surface area contributed by atoms with Gasteiger partial charge in [0.2, 0.25) is 5.91 Å². The number of imidazole rings is 1. The molecule has 0 unspecified atom stereocenters. The van der Waals surface area contributed by atoms with E-state index in [1.807, 2.05) is 31.3 Å². The number of aromatic nitrogens is 4. The quantitative estimate of drug-likeness (QED) is 0.368. The van der Waals surface area contributed by atoms with Gasteiger partial charge >= 0.3 is 0 Å². The molecule has 3 aromatic carbocycles. The molecule has 2 N–H and O–H groups in total. The molecule has 5 rings (SSSR count). The summed E-state index contributed by atoms with van der Waals surface area (Å²) in [5.41, 5.74) is 8.88. The van der Waals surface area contributed by atoms with E-state index in [0.29, 0.717) is 5.69 Å². The third-order valence-electron chi connectivity index (χ3n) is 6.39. The van der Waals surface area contributed by atoms with Crippen molar-refractivity contribution < 1.29 is 9.18 Å². The summed E-state index contributed by atoms with van der Waals surface area (Å²) in [6.07, 6.45) is 2.71. The van der Waals surface area contributed by atoms with Crippen LogP contribution in [-0.2, 0) is 6.54 Å². The molecule has 2 heterocycles. The molecule has 37 heavy (non-hydrogen) atoms. The Balaban J connectivity index is 1.59. The minimum atomic E-state index is -0.591. The summed E-state index contributed by atoms with van der Waals surface area (Å²) in [5, 5.41) is 0. The third kappa shape index (κ3) is 4.52. The minimum absolute atomic E-state index is 0.0740. The Bertz CT molecular complexity index is 1690. The second-order valence-electron chi connectivity index (χ2n) is 8.77. The van der Waals surface area contributed by atoms with E-state index in [-0.39, 0.29) is 22.4 Å². The average molecular weight is 497 g/mol. The van der Waals surface area contributed by atoms with Crippen LogP contribution in [0.2, 0.25) is 0 Å². The van der Waals surface area contributed by atoms with Crippen LogP contribution in [0, 0.1) is 5.82 Å². The molecule has 1 amide bonds. The van der Waals surface area contributed by atoms with Crippen LogP contribution < -0.4 is 11.3 Å². The van der Waals surface area contributed by atoms with E-state index in [0.717, 1.165) is 34.3 Å². The zero-order valence-electron chi connectivity index (χ0n) is 20.4. The molecule has 0 saturated heterocycles. The van der Waals surface area contributed by atoms with Gasteiger partial charge in [0.05, 0.1) is 5.69 Å². The van der Waals surface area contributed by atoms with Crippen LogP contribution in [0.5, 0.6) is 0 Å². The van der Waals surface area contributed by atoms with E-state index in [1.165, 1.54) is 23.3 Å². The van der Waals surface area contributed by atoms with Crippen molar-refractivity contribution in [1.29, 1.82) is 0 Å². The normalized spacial score (nSPS) is 11.4. The molecule has 186 valence electrons. The fourth-order valence-corrected chi connectivity index (χ4v) is 4.30. The molecule has 0 fully saturated rings. The minimum Gasteiger partial charge on any atom is -0.366 e. The topological polar surface area (TPSA) is 99.0 Å². The van der Waals surface area contributed by atoms with Gasteiger partial charge in [0, 0.05) is 17.8 Å². The average Bonchev–Trinajstić information content (AvgIpc) is 3.35. The molecule has 0 bridgehead atoms. The highest BCUT2D eigenvalue weighted by Gasteiger charge is 2.17. The fourth-order valence-electron chi connectivity index (χ4n) is 4.30. The van der Waals surface area contributed by atoms with Crippen molar-refractivity contribution in [2.75, 3.05) is 13.6 Å². The van der Waals surface area contributed by atoms with E-state index in [9.17, 15) is 9.59 Å². The van der Waals surface area contributed by atoms with Crippen molar-refractivity contribution >= 4 is 17.1 Å². The highest BCUT2D eigenvalue weighted by Crippen LogP contribution is 2.27. The number of carbonyl (C=O) groups is 1. The zero-order chi connectivity index (χ0) is 26.1. The number of nitrogens with zero attached hydrogens (tertiary/aromatic N) is 5. The van der Waals surface area contributed by atoms with Crippen molar-refractivity contribution in [3.05, 3.63) is 107 Å². The zero-order valence-corrected chi connectivity index (χ0v) is 20.4. The van der Waals surface area contributed by atoms with Gasteiger partial charge in [-0.1, -0.05) is 43.3 Å². The maximum atomic E-state index is 15.5. The number of nitrogens with two attached hydrogens (primary N) is 1. The van der Waals surface area contributed by atoms with E-state index < -0.39 is 17.3 Å². The molecular formula is C28H25FN6O2. The Kier molecular flexibility index (Phi) is 6.37. The summed E-state index contributed by atoms with van der Waals surface area (Å²) in [6, 6.07) is 19.2. The van der Waals surface area contributed by atoms with Gasteiger partial charge < -0.3 is 10.6 Å². The van der Waals surface area contributed by atoms with Crippen LogP contribution in [0.1, 0.15) is 22.8 Å². The first-order chi connectivity index (χ1) is 17.9. The number of hydrogen-bond donors (Lipinski definition) is 1. The summed E-state index contributed by atoms with van der Waals surface area (Å²) in [7, 11) is 2.03. The summed E-state index contributed by atoms with van der Waals surface area (Å²) in [4.78, 5) is 35.8. The van der Waals surface area contributed by atoms with E-state index >= 15 is 4.39 Å². The van der Waals surface area contributed by atoms with Crippen molar-refractivity contribution in [2.24, 2.45) is 5.73 Å². The molecule has 0 radical (unpaired) electrons. The maximum absolute atomic E-state index is 15.5. The predicted octanol–water partition coefficient (Wildman–Crippen LogP) is 3.93. The Morgan fingerprint density at radius 3 is 2.49 bits per heavy atom. The second-order valence-corrected chi connectivity index (χ2v) is 8.77. The smallest absolute Gasteiger partial charge is 0.284 e. The summed E-state index contributed by atoms with van der Waals surface area (Å²) >= 11 is 0. The van der Waals surface area contributed by atoms with Gasteiger partial charge in [-0.25, -0.2) is 14.4 Å². The molecule has 2 aromatic heterocycles. The van der Waals surface area contributed by atoms with Gasteiger partial charge in [-0.3, -0.25) is 18.7 Å². The number of primary amides is 1. The largest absolute Gasteiger partial charge is 0.366 e. The first-order valence-electron chi connectivity index (χ1n) is 11.8. The number of hydrogen-bond acceptors (Lipinski definition) is 5. The number of rotatable bonds is 7. The van der Waals surface area contributed by atoms with Gasteiger partial charge in [0.15, 0.2) is 11.2 Å². The number of amides is 1. The lowest BCUT2D eigenvalue weighted by Crippen LogP contribution is -2.21. The Hall–Kier alpha value is -4.63. The Labute approximate surface area is 212 Å². The van der Waals surface area contributed by atoms with E-state index in [4.69, 9.17) is 5.73 Å². The van der Waals surface area contributed by atoms with Gasteiger partial charge in [-0.2, -0.15) is 0 Å². The van der Waals surface area contributed by atoms with E-state index in [2.05, 4.69) is 21.8 Å². The van der Waals surface area contributed by atoms with Crippen LogP contribution in [0.3, 0.4) is 0 Å². The molecule has 0 atom stereocenters. The SMILES string of the molecule is CCN(C)Cc1ccccc1-c1ccc(-n2cnc3ncn(-c4cccc(C(N)=O)c4)c3c2=O)c(F)c1. The van der Waals surface area contributed by atoms with Crippen molar-refractivity contribution in [3.63, 3.8) is 0 Å². The lowest BCUT2D eigenvalue weighted by molar-refractivity contribution is 0.1000. The lowest BCUT2D eigenvalue weighted by atomic mass is 9.99. The molecule has 9 heteroatoms. The molecule has 0 saturated carbocycles. The monoisotopic (exact) mass is 496 g/mol. The van der Waals surface area contributed by atoms with Crippen molar-refractivity contribution in [1.82, 2.24) is 24.0 Å². The van der Waals surface area contributed by atoms with Crippen LogP contribution in [0.15, 0.2) is 84.2 Å². The van der Waals surface area contributed by atoms with Gasteiger partial charge in [0.25, 0.3) is 5.56 Å². The van der Waals surface area contributed by atoms with Crippen LogP contribution in [-0.4, -0.2) is 43.5 Å². The number of benzene rings is 3. The summed E-state index contributed by atoms with van der Waals surface area (Å²) in [6.45, 7) is 3.71. The number of carbonyl (C=O) groups excluding carboxylic acids is 1. The van der Waals surface area contributed by atoms with Gasteiger partial charge in [-0.05, 0) is 60.6 Å². The Morgan fingerprint density at radius 2 is 1.76 bits per heavy atom. The fraction of sp³-hybridized carbons (Fsp3) is 0.143. The van der Waals surface area contributed by atoms with Crippen LogP contribution in [0.25, 0.3) is 33.7 Å². The highest BCUT2D eigenvalue weighted by molar-refractivity contribution is 5.93. The van der Waals surface area contributed by atoms with Crippen LogP contribution >= 0.6 is 0 Å². The molecule has 0 aliphatic heterocycles. The summed E-state index contributed by atoms with van der Waals surface area (Å²) in [5.74, 6) is -1.15. The highest BCUT2D eigenvalue weighted by atomic mass is 19.1. The maximum Gasteiger partial charge on any atom is 0.284 e. The second kappa shape index (κ2) is 9.79. The van der Waals surface area contributed by atoms with Gasteiger partial charge in [0.1, 0.15) is 18.5 Å². The Morgan fingerprint density at radius 1 is 1.00 bits per heavy atom. The van der Waals surface area contributed by atoms with Crippen molar-refractivity contribution in [3.8, 4) is 22.5 Å². The molecule has 0 aliphatic carbocycles. The first kappa shape index (κ1) is 24.1. The van der Waals surface area contributed by atoms with Crippen molar-refractivity contribution in [2.45, 2.75) is 13.5 Å². The first-order valence-corrected chi connectivity index (χ1v) is 11.8. The molecular weight excluding hydrogens is 471 g/mol. The molecule has 5 aromatic rings. The molecule has 8 nitrogen and oxygen atoms in total. The molecule has 0 spiro atoms. The molecule has 0 aliphatic rings. The van der Waals surface area contributed by atoms with Crippen LogP contribution in [0.4, 0.5) is 4.39 Å².